The highest BCUT2D eigenvalue weighted by Crippen LogP contribution is 2.25. The van der Waals surface area contributed by atoms with Gasteiger partial charge in [-0.05, 0) is 20.8 Å². The molecule has 134 valence electrons. The van der Waals surface area contributed by atoms with E-state index in [2.05, 4.69) is 15.5 Å². The van der Waals surface area contributed by atoms with Gasteiger partial charge in [0.15, 0.2) is 5.82 Å². The molecule has 0 aliphatic carbocycles. The van der Waals surface area contributed by atoms with Crippen molar-refractivity contribution < 1.29 is 18.8 Å². The number of ether oxygens (including phenoxy) is 1. The SMILES string of the molecule is Cc1cc(NC(=O)[C@H](OC(=O)c2sc(C)nc2C)c2ccccc2)no1. The number of rotatable bonds is 5. The van der Waals surface area contributed by atoms with Gasteiger partial charge in [-0.15, -0.1) is 11.3 Å². The molecule has 8 heteroatoms. The zero-order valence-electron chi connectivity index (χ0n) is 14.5. The van der Waals surface area contributed by atoms with Crippen LogP contribution in [0, 0.1) is 20.8 Å². The number of nitrogens with zero attached hydrogens (tertiary/aromatic N) is 2. The number of aryl methyl sites for hydroxylation is 3. The van der Waals surface area contributed by atoms with Gasteiger partial charge in [-0.3, -0.25) is 4.79 Å². The van der Waals surface area contributed by atoms with Crippen LogP contribution in [-0.2, 0) is 9.53 Å². The van der Waals surface area contributed by atoms with Crippen molar-refractivity contribution in [2.24, 2.45) is 0 Å². The van der Waals surface area contributed by atoms with E-state index in [4.69, 9.17) is 9.26 Å². The molecule has 0 aliphatic heterocycles. The van der Waals surface area contributed by atoms with Gasteiger partial charge in [-0.25, -0.2) is 9.78 Å². The first-order chi connectivity index (χ1) is 12.4. The molecule has 0 unspecified atom stereocenters. The van der Waals surface area contributed by atoms with Crippen molar-refractivity contribution in [2.75, 3.05) is 5.32 Å². The lowest BCUT2D eigenvalue weighted by molar-refractivity contribution is -0.125. The normalized spacial score (nSPS) is 11.8. The molecule has 1 amide bonds. The Labute approximate surface area is 154 Å². The van der Waals surface area contributed by atoms with Crippen molar-refractivity contribution in [1.29, 1.82) is 0 Å². The molecule has 0 saturated carbocycles. The highest BCUT2D eigenvalue weighted by atomic mass is 32.1. The fraction of sp³-hybridized carbons (Fsp3) is 0.222. The van der Waals surface area contributed by atoms with E-state index in [-0.39, 0.29) is 5.82 Å². The van der Waals surface area contributed by atoms with Crippen molar-refractivity contribution in [1.82, 2.24) is 10.1 Å². The van der Waals surface area contributed by atoms with Crippen molar-refractivity contribution in [3.63, 3.8) is 0 Å². The Morgan fingerprint density at radius 3 is 2.50 bits per heavy atom. The molecule has 0 fully saturated rings. The number of nitrogens with one attached hydrogen (secondary N) is 1. The first-order valence-electron chi connectivity index (χ1n) is 7.88. The summed E-state index contributed by atoms with van der Waals surface area (Å²) >= 11 is 1.23. The number of esters is 1. The van der Waals surface area contributed by atoms with E-state index in [0.717, 1.165) is 5.01 Å². The lowest BCUT2D eigenvalue weighted by atomic mass is 10.1. The second-order valence-electron chi connectivity index (χ2n) is 5.66. The number of anilines is 1. The maximum atomic E-state index is 12.7. The minimum Gasteiger partial charge on any atom is -0.443 e. The third-order valence-electron chi connectivity index (χ3n) is 3.53. The zero-order valence-corrected chi connectivity index (χ0v) is 15.3. The molecule has 1 N–H and O–H groups in total. The number of carbonyl (C=O) groups is 2. The summed E-state index contributed by atoms with van der Waals surface area (Å²) in [5, 5.41) is 7.09. The number of amides is 1. The Bertz CT molecular complexity index is 933. The van der Waals surface area contributed by atoms with Gasteiger partial charge in [-0.1, -0.05) is 35.5 Å². The molecule has 0 bridgehead atoms. The molecule has 2 heterocycles. The summed E-state index contributed by atoms with van der Waals surface area (Å²) in [6.07, 6.45) is -1.12. The van der Waals surface area contributed by atoms with Crippen LogP contribution < -0.4 is 5.32 Å². The van der Waals surface area contributed by atoms with Crippen LogP contribution in [0.1, 0.15) is 37.8 Å². The predicted molar refractivity (Wildman–Crippen MR) is 96.1 cm³/mol. The van der Waals surface area contributed by atoms with Crippen molar-refractivity contribution >= 4 is 29.0 Å². The van der Waals surface area contributed by atoms with E-state index in [0.29, 0.717) is 21.9 Å². The maximum absolute atomic E-state index is 12.7. The van der Waals surface area contributed by atoms with Crippen LogP contribution in [0.3, 0.4) is 0 Å². The van der Waals surface area contributed by atoms with Crippen LogP contribution in [0.15, 0.2) is 40.9 Å². The van der Waals surface area contributed by atoms with Gasteiger partial charge in [0, 0.05) is 11.6 Å². The number of hydrogen-bond acceptors (Lipinski definition) is 7. The summed E-state index contributed by atoms with van der Waals surface area (Å²) in [6.45, 7) is 5.25. The minimum absolute atomic E-state index is 0.259. The Balaban J connectivity index is 1.85. The van der Waals surface area contributed by atoms with Crippen LogP contribution in [0.4, 0.5) is 5.82 Å². The van der Waals surface area contributed by atoms with Crippen molar-refractivity contribution in [3.8, 4) is 0 Å². The third kappa shape index (κ3) is 3.97. The lowest BCUT2D eigenvalue weighted by Gasteiger charge is -2.17. The summed E-state index contributed by atoms with van der Waals surface area (Å²) < 4.78 is 10.5. The van der Waals surface area contributed by atoms with E-state index >= 15 is 0 Å². The highest BCUT2D eigenvalue weighted by molar-refractivity contribution is 7.13. The van der Waals surface area contributed by atoms with Crippen molar-refractivity contribution in [3.05, 3.63) is 63.3 Å². The molecule has 0 radical (unpaired) electrons. The first-order valence-corrected chi connectivity index (χ1v) is 8.70. The van der Waals surface area contributed by atoms with E-state index in [1.54, 1.807) is 44.2 Å². The Hall–Kier alpha value is -3.00. The van der Waals surface area contributed by atoms with Gasteiger partial charge in [-0.2, -0.15) is 0 Å². The fourth-order valence-electron chi connectivity index (χ4n) is 2.40. The second-order valence-corrected chi connectivity index (χ2v) is 6.86. The molecule has 0 spiro atoms. The smallest absolute Gasteiger partial charge is 0.351 e. The first kappa shape index (κ1) is 17.8. The summed E-state index contributed by atoms with van der Waals surface area (Å²) in [6, 6.07) is 10.4. The Kier molecular flexibility index (Phi) is 5.13. The van der Waals surface area contributed by atoms with Gasteiger partial charge in [0.2, 0.25) is 6.10 Å². The van der Waals surface area contributed by atoms with Gasteiger partial charge in [0.05, 0.1) is 10.7 Å². The van der Waals surface area contributed by atoms with Gasteiger partial charge in [0.25, 0.3) is 5.91 Å². The number of aromatic nitrogens is 2. The molecule has 0 saturated heterocycles. The molecular formula is C18H17N3O4S. The summed E-state index contributed by atoms with van der Waals surface area (Å²) in [5.74, 6) is -0.288. The Morgan fingerprint density at radius 2 is 1.92 bits per heavy atom. The Morgan fingerprint density at radius 1 is 1.19 bits per heavy atom. The molecule has 7 nitrogen and oxygen atoms in total. The minimum atomic E-state index is -1.12. The maximum Gasteiger partial charge on any atom is 0.351 e. The van der Waals surface area contributed by atoms with E-state index in [1.807, 2.05) is 13.0 Å². The average Bonchev–Trinajstić information content (AvgIpc) is 3.17. The summed E-state index contributed by atoms with van der Waals surface area (Å²) in [4.78, 5) is 29.9. The van der Waals surface area contributed by atoms with E-state index in [1.165, 1.54) is 11.3 Å². The molecule has 1 aromatic carbocycles. The fourth-order valence-corrected chi connectivity index (χ4v) is 3.20. The van der Waals surface area contributed by atoms with Gasteiger partial charge >= 0.3 is 5.97 Å². The zero-order chi connectivity index (χ0) is 18.7. The topological polar surface area (TPSA) is 94.3 Å². The van der Waals surface area contributed by atoms with Crippen molar-refractivity contribution in [2.45, 2.75) is 26.9 Å². The van der Waals surface area contributed by atoms with Gasteiger partial charge < -0.3 is 14.6 Å². The lowest BCUT2D eigenvalue weighted by Crippen LogP contribution is -2.26. The van der Waals surface area contributed by atoms with Gasteiger partial charge in [0.1, 0.15) is 10.6 Å². The van der Waals surface area contributed by atoms with Crippen LogP contribution in [-0.4, -0.2) is 22.0 Å². The second kappa shape index (κ2) is 7.49. The average molecular weight is 371 g/mol. The number of hydrogen-bond donors (Lipinski definition) is 1. The standard InChI is InChI=1S/C18H17N3O4S/c1-10-9-14(21-25-10)20-17(22)15(13-7-5-4-6-8-13)24-18(23)16-11(2)19-12(3)26-16/h4-9,15H,1-3H3,(H,20,21,22)/t15-/m1/s1. The molecule has 2 aromatic heterocycles. The highest BCUT2D eigenvalue weighted by Gasteiger charge is 2.28. The molecule has 26 heavy (non-hydrogen) atoms. The van der Waals surface area contributed by atoms with Crippen LogP contribution >= 0.6 is 11.3 Å². The molecule has 3 rings (SSSR count). The molecule has 3 aromatic rings. The monoisotopic (exact) mass is 371 g/mol. The number of benzene rings is 1. The third-order valence-corrected chi connectivity index (χ3v) is 4.59. The molecule has 0 aliphatic rings. The van der Waals surface area contributed by atoms with E-state index < -0.39 is 18.0 Å². The van der Waals surface area contributed by atoms with Crippen LogP contribution in [0.5, 0.6) is 0 Å². The summed E-state index contributed by atoms with van der Waals surface area (Å²) in [7, 11) is 0. The number of thiazole rings is 1. The van der Waals surface area contributed by atoms with E-state index in [9.17, 15) is 9.59 Å². The molecular weight excluding hydrogens is 354 g/mol. The van der Waals surface area contributed by atoms with Crippen LogP contribution in [0.2, 0.25) is 0 Å². The number of carbonyl (C=O) groups excluding carboxylic acids is 2. The predicted octanol–water partition coefficient (Wildman–Crippen LogP) is 3.59. The quantitative estimate of drug-likeness (QED) is 0.689. The summed E-state index contributed by atoms with van der Waals surface area (Å²) in [5.41, 5.74) is 1.13. The van der Waals surface area contributed by atoms with Crippen LogP contribution in [0.25, 0.3) is 0 Å². The molecule has 1 atom stereocenters. The largest absolute Gasteiger partial charge is 0.443 e.